The van der Waals surface area contributed by atoms with Crippen molar-refractivity contribution >= 4 is 17.1 Å². The zero-order valence-corrected chi connectivity index (χ0v) is 21.5. The maximum absolute atomic E-state index is 2.28. The van der Waals surface area contributed by atoms with E-state index >= 15 is 0 Å². The Balaban J connectivity index is 1.23. The van der Waals surface area contributed by atoms with Gasteiger partial charge in [0.05, 0.1) is 0 Å². The Labute approximate surface area is 225 Å². The van der Waals surface area contributed by atoms with E-state index in [-0.39, 0.29) is 0 Å². The quantitative estimate of drug-likeness (QED) is 0.226. The van der Waals surface area contributed by atoms with Crippen LogP contribution < -0.4 is 4.90 Å². The summed E-state index contributed by atoms with van der Waals surface area (Å²) >= 11 is 0. The van der Waals surface area contributed by atoms with Crippen LogP contribution in [-0.2, 0) is 0 Å². The average Bonchev–Trinajstić information content (AvgIpc) is 2.99. The van der Waals surface area contributed by atoms with Gasteiger partial charge in [0.15, 0.2) is 0 Å². The number of nitrogens with zero attached hydrogens (tertiary/aromatic N) is 1. The van der Waals surface area contributed by atoms with Crippen molar-refractivity contribution in [1.82, 2.24) is 0 Å². The fraction of sp³-hybridized carbons (Fsp3) is 0.0270. The van der Waals surface area contributed by atoms with Crippen LogP contribution in [0.25, 0.3) is 33.4 Å². The van der Waals surface area contributed by atoms with Crippen LogP contribution in [-0.4, -0.2) is 0 Å². The minimum absolute atomic E-state index is 1.14. The Morgan fingerprint density at radius 1 is 0.289 bits per heavy atom. The summed E-state index contributed by atoms with van der Waals surface area (Å²) in [6.07, 6.45) is 0. The van der Waals surface area contributed by atoms with Crippen LogP contribution in [0, 0.1) is 6.92 Å². The third kappa shape index (κ3) is 5.00. The molecule has 1 nitrogen and oxygen atoms in total. The van der Waals surface area contributed by atoms with E-state index in [1.165, 1.54) is 38.9 Å². The lowest BCUT2D eigenvalue weighted by Crippen LogP contribution is -2.09. The first-order chi connectivity index (χ1) is 18.7. The molecule has 38 heavy (non-hydrogen) atoms. The Kier molecular flexibility index (Phi) is 6.57. The Morgan fingerprint density at radius 2 is 0.553 bits per heavy atom. The van der Waals surface area contributed by atoms with Crippen molar-refractivity contribution in [3.63, 3.8) is 0 Å². The molecule has 0 spiro atoms. The van der Waals surface area contributed by atoms with E-state index in [2.05, 4.69) is 170 Å². The highest BCUT2D eigenvalue weighted by molar-refractivity contribution is 5.79. The van der Waals surface area contributed by atoms with Crippen LogP contribution in [0.5, 0.6) is 0 Å². The zero-order chi connectivity index (χ0) is 25.7. The molecule has 0 amide bonds. The predicted octanol–water partition coefficient (Wildman–Crippen LogP) is 10.5. The highest BCUT2D eigenvalue weighted by atomic mass is 15.1. The number of anilines is 3. The van der Waals surface area contributed by atoms with Crippen LogP contribution in [0.3, 0.4) is 0 Å². The molecule has 182 valence electrons. The van der Waals surface area contributed by atoms with Gasteiger partial charge in [-0.25, -0.2) is 0 Å². The molecule has 6 rings (SSSR count). The van der Waals surface area contributed by atoms with Crippen LogP contribution in [0.4, 0.5) is 17.1 Å². The van der Waals surface area contributed by atoms with Gasteiger partial charge < -0.3 is 4.90 Å². The van der Waals surface area contributed by atoms with Gasteiger partial charge in [-0.05, 0) is 76.7 Å². The van der Waals surface area contributed by atoms with Crippen molar-refractivity contribution in [2.75, 3.05) is 4.90 Å². The molecule has 0 aliphatic carbocycles. The molecule has 0 heterocycles. The molecule has 0 aliphatic heterocycles. The third-order valence-electron chi connectivity index (χ3n) is 6.98. The summed E-state index contributed by atoms with van der Waals surface area (Å²) in [6, 6.07) is 56.2. The topological polar surface area (TPSA) is 3.24 Å². The van der Waals surface area contributed by atoms with Crippen molar-refractivity contribution in [2.24, 2.45) is 0 Å². The lowest BCUT2D eigenvalue weighted by molar-refractivity contribution is 1.28. The normalized spacial score (nSPS) is 10.8. The summed E-state index contributed by atoms with van der Waals surface area (Å²) < 4.78 is 0. The molecule has 0 radical (unpaired) electrons. The minimum atomic E-state index is 1.14. The molecule has 0 unspecified atom stereocenters. The van der Waals surface area contributed by atoms with Gasteiger partial charge in [0, 0.05) is 17.1 Å². The number of hydrogen-bond acceptors (Lipinski definition) is 1. The smallest absolute Gasteiger partial charge is 0.0462 e. The molecule has 0 fully saturated rings. The summed E-state index contributed by atoms with van der Waals surface area (Å²) in [6.45, 7) is 2.12. The molecular formula is C37H29N. The summed E-state index contributed by atoms with van der Waals surface area (Å²) in [4.78, 5) is 2.28. The monoisotopic (exact) mass is 487 g/mol. The van der Waals surface area contributed by atoms with E-state index in [0.717, 1.165) is 17.1 Å². The summed E-state index contributed by atoms with van der Waals surface area (Å²) in [5.74, 6) is 0. The maximum Gasteiger partial charge on any atom is 0.0462 e. The van der Waals surface area contributed by atoms with Crippen LogP contribution in [0.15, 0.2) is 158 Å². The Bertz CT molecular complexity index is 1560. The largest absolute Gasteiger partial charge is 0.311 e. The van der Waals surface area contributed by atoms with Crippen molar-refractivity contribution in [3.8, 4) is 33.4 Å². The molecule has 0 saturated heterocycles. The average molecular weight is 488 g/mol. The first-order valence-electron chi connectivity index (χ1n) is 13.0. The van der Waals surface area contributed by atoms with Gasteiger partial charge in [0.25, 0.3) is 0 Å². The van der Waals surface area contributed by atoms with Crippen molar-refractivity contribution in [3.05, 3.63) is 163 Å². The summed E-state index contributed by atoms with van der Waals surface area (Å²) in [7, 11) is 0. The fourth-order valence-electron chi connectivity index (χ4n) is 4.86. The third-order valence-corrected chi connectivity index (χ3v) is 6.98. The van der Waals surface area contributed by atoms with Gasteiger partial charge in [-0.15, -0.1) is 0 Å². The van der Waals surface area contributed by atoms with Crippen LogP contribution in [0.1, 0.15) is 5.56 Å². The molecule has 1 heteroatoms. The number of para-hydroxylation sites is 2. The summed E-state index contributed by atoms with van der Waals surface area (Å²) in [5, 5.41) is 0. The number of hydrogen-bond donors (Lipinski definition) is 0. The highest BCUT2D eigenvalue weighted by Crippen LogP contribution is 2.35. The number of rotatable bonds is 6. The second-order valence-electron chi connectivity index (χ2n) is 9.57. The standard InChI is InChI=1S/C37H29N/c1-28-12-14-29(15-13-28)30-16-18-31(19-17-30)32-20-22-33(23-21-32)34-24-26-37(27-25-34)38(35-8-4-2-5-9-35)36-10-6-3-7-11-36/h2-27H,1H3. The molecule has 0 aromatic heterocycles. The minimum Gasteiger partial charge on any atom is -0.311 e. The molecule has 0 saturated carbocycles. The van der Waals surface area contributed by atoms with Crippen molar-refractivity contribution < 1.29 is 0 Å². The molecule has 0 bridgehead atoms. The second-order valence-corrected chi connectivity index (χ2v) is 9.57. The SMILES string of the molecule is Cc1ccc(-c2ccc(-c3ccc(-c4ccc(N(c5ccccc5)c5ccccc5)cc4)cc3)cc2)cc1. The van der Waals surface area contributed by atoms with Crippen LogP contribution in [0.2, 0.25) is 0 Å². The van der Waals surface area contributed by atoms with E-state index in [9.17, 15) is 0 Å². The lowest BCUT2D eigenvalue weighted by Gasteiger charge is -2.25. The van der Waals surface area contributed by atoms with Crippen LogP contribution >= 0.6 is 0 Å². The Hall–Kier alpha value is -4.88. The first-order valence-corrected chi connectivity index (χ1v) is 13.0. The van der Waals surface area contributed by atoms with E-state index in [4.69, 9.17) is 0 Å². The van der Waals surface area contributed by atoms with Gasteiger partial charge in [0.1, 0.15) is 0 Å². The van der Waals surface area contributed by atoms with Gasteiger partial charge >= 0.3 is 0 Å². The second kappa shape index (κ2) is 10.6. The van der Waals surface area contributed by atoms with E-state index in [1.807, 2.05) is 0 Å². The van der Waals surface area contributed by atoms with Gasteiger partial charge in [-0.3, -0.25) is 0 Å². The predicted molar refractivity (Wildman–Crippen MR) is 162 cm³/mol. The number of benzene rings is 6. The highest BCUT2D eigenvalue weighted by Gasteiger charge is 2.12. The van der Waals surface area contributed by atoms with E-state index < -0.39 is 0 Å². The van der Waals surface area contributed by atoms with Gasteiger partial charge in [-0.2, -0.15) is 0 Å². The Morgan fingerprint density at radius 3 is 0.895 bits per heavy atom. The molecule has 0 atom stereocenters. The first kappa shape index (κ1) is 23.5. The summed E-state index contributed by atoms with van der Waals surface area (Å²) in [5.41, 5.74) is 12.1. The van der Waals surface area contributed by atoms with Crippen molar-refractivity contribution in [2.45, 2.75) is 6.92 Å². The molecule has 6 aromatic carbocycles. The maximum atomic E-state index is 2.28. The molecule has 0 aliphatic rings. The molecule has 0 N–H and O–H groups in total. The lowest BCUT2D eigenvalue weighted by atomic mass is 9.97. The van der Waals surface area contributed by atoms with E-state index in [0.29, 0.717) is 0 Å². The van der Waals surface area contributed by atoms with Gasteiger partial charge in [0.2, 0.25) is 0 Å². The zero-order valence-electron chi connectivity index (χ0n) is 21.5. The van der Waals surface area contributed by atoms with Crippen molar-refractivity contribution in [1.29, 1.82) is 0 Å². The fourth-order valence-corrected chi connectivity index (χ4v) is 4.86. The van der Waals surface area contributed by atoms with Gasteiger partial charge in [-0.1, -0.05) is 127 Å². The van der Waals surface area contributed by atoms with E-state index in [1.54, 1.807) is 0 Å². The number of aryl methyl sites for hydroxylation is 1. The molecule has 6 aromatic rings. The molecular weight excluding hydrogens is 458 g/mol.